The van der Waals surface area contributed by atoms with Crippen molar-refractivity contribution in [3.8, 4) is 0 Å². The summed E-state index contributed by atoms with van der Waals surface area (Å²) in [5.41, 5.74) is -0.616. The Balaban J connectivity index is 1.86. The first-order valence-electron chi connectivity index (χ1n) is 14.1. The van der Waals surface area contributed by atoms with E-state index < -0.39 is 23.8 Å². The van der Waals surface area contributed by atoms with Gasteiger partial charge in [-0.25, -0.2) is 8.42 Å². The molecule has 5 atom stereocenters. The van der Waals surface area contributed by atoms with Crippen LogP contribution in [0.5, 0.6) is 0 Å². The van der Waals surface area contributed by atoms with Crippen molar-refractivity contribution in [2.45, 2.75) is 128 Å². The van der Waals surface area contributed by atoms with Crippen LogP contribution in [-0.2, 0) is 14.3 Å². The van der Waals surface area contributed by atoms with E-state index in [2.05, 4.69) is 40.8 Å². The van der Waals surface area contributed by atoms with Gasteiger partial charge in [0.15, 0.2) is 18.2 Å². The molecule has 206 valence electrons. The van der Waals surface area contributed by atoms with Crippen molar-refractivity contribution < 1.29 is 18.0 Å². The lowest BCUT2D eigenvalue weighted by molar-refractivity contribution is -0.0215. The van der Waals surface area contributed by atoms with Gasteiger partial charge in [-0.15, -0.1) is 0 Å². The number of hydrogen-bond acceptors (Lipinski definition) is 4. The summed E-state index contributed by atoms with van der Waals surface area (Å²) in [4.78, 5) is 0.431. The lowest BCUT2D eigenvalue weighted by Gasteiger charge is -2.50. The Labute approximate surface area is 222 Å². The molecule has 3 rings (SSSR count). The van der Waals surface area contributed by atoms with Crippen molar-refractivity contribution in [1.29, 1.82) is 0 Å². The molecule has 0 radical (unpaired) electrons. The highest BCUT2D eigenvalue weighted by atomic mass is 32.2. The van der Waals surface area contributed by atoms with Crippen LogP contribution in [0.25, 0.3) is 0 Å². The maximum absolute atomic E-state index is 13.5. The van der Waals surface area contributed by atoms with E-state index in [1.807, 2.05) is 32.0 Å². The molecule has 1 aromatic rings. The van der Waals surface area contributed by atoms with Gasteiger partial charge >= 0.3 is 0 Å². The molecule has 4 unspecified atom stereocenters. The summed E-state index contributed by atoms with van der Waals surface area (Å²) in [7, 11) is -5.26. The average molecular weight is 537 g/mol. The molecule has 6 heteroatoms. The first kappa shape index (κ1) is 29.9. The van der Waals surface area contributed by atoms with E-state index in [1.165, 1.54) is 0 Å². The highest BCUT2D eigenvalue weighted by Gasteiger charge is 2.55. The monoisotopic (exact) mass is 536 g/mol. The third-order valence-corrected chi connectivity index (χ3v) is 16.2. The van der Waals surface area contributed by atoms with Crippen LogP contribution >= 0.6 is 0 Å². The number of benzene rings is 1. The minimum Gasteiger partial charge on any atom is -0.414 e. The van der Waals surface area contributed by atoms with E-state index in [4.69, 9.17) is 4.43 Å². The van der Waals surface area contributed by atoms with Crippen molar-refractivity contribution in [3.63, 3.8) is 0 Å². The number of fused-ring (bicyclic) bond motifs is 1. The van der Waals surface area contributed by atoms with E-state index in [9.17, 15) is 13.5 Å². The maximum atomic E-state index is 13.5. The third-order valence-electron chi connectivity index (χ3n) is 9.86. The van der Waals surface area contributed by atoms with Gasteiger partial charge in [-0.1, -0.05) is 58.7 Å². The van der Waals surface area contributed by atoms with Crippen molar-refractivity contribution in [1.82, 2.24) is 0 Å². The number of rotatable bonds is 10. The zero-order valence-corrected chi connectivity index (χ0v) is 26.0. The Morgan fingerprint density at radius 2 is 1.72 bits per heavy atom. The summed E-state index contributed by atoms with van der Waals surface area (Å²) >= 11 is 0. The van der Waals surface area contributed by atoms with Gasteiger partial charge in [0.2, 0.25) is 0 Å². The number of sulfone groups is 1. The highest BCUT2D eigenvalue weighted by molar-refractivity contribution is 7.91. The van der Waals surface area contributed by atoms with Crippen LogP contribution < -0.4 is 0 Å². The molecule has 0 saturated heterocycles. The fourth-order valence-corrected chi connectivity index (χ4v) is 9.95. The van der Waals surface area contributed by atoms with Crippen LogP contribution in [0.2, 0.25) is 18.1 Å². The first-order valence-corrected chi connectivity index (χ1v) is 18.7. The molecule has 1 N–H and O–H groups in total. The summed E-state index contributed by atoms with van der Waals surface area (Å²) in [5.74, 6) is 1.17. The standard InChI is InChI=1S/C30H52O4SSi/c1-28(2,3)36(7,8)34-27-17-13-21-30(6)25(18-19-26(27)30)23(14-12-20-29(4,5)31)22-35(32,33)24-15-10-9-11-16-24/h9-11,15-16,23,25-27,31H,12-14,17-22H2,1-8H3/t23-,25?,26?,27?,30?/m0/s1. The predicted molar refractivity (Wildman–Crippen MR) is 152 cm³/mol. The van der Waals surface area contributed by atoms with Crippen LogP contribution in [0.4, 0.5) is 0 Å². The summed E-state index contributed by atoms with van der Waals surface area (Å²) in [6.45, 7) is 17.8. The Hall–Kier alpha value is -0.693. The molecule has 2 fully saturated rings. The van der Waals surface area contributed by atoms with E-state index in [0.29, 0.717) is 23.2 Å². The Morgan fingerprint density at radius 3 is 2.31 bits per heavy atom. The van der Waals surface area contributed by atoms with Crippen LogP contribution in [0.1, 0.15) is 92.9 Å². The zero-order chi connectivity index (χ0) is 27.0. The first-order chi connectivity index (χ1) is 16.5. The summed E-state index contributed by atoms with van der Waals surface area (Å²) < 4.78 is 34.1. The maximum Gasteiger partial charge on any atom is 0.192 e. The van der Waals surface area contributed by atoms with Gasteiger partial charge in [0.1, 0.15) is 0 Å². The molecule has 0 spiro atoms. The molecule has 0 amide bonds. The molecule has 36 heavy (non-hydrogen) atoms. The Morgan fingerprint density at radius 1 is 1.08 bits per heavy atom. The van der Waals surface area contributed by atoms with Gasteiger partial charge in [-0.3, -0.25) is 0 Å². The molecule has 1 aromatic carbocycles. The second-order valence-electron chi connectivity index (χ2n) is 14.2. The largest absolute Gasteiger partial charge is 0.414 e. The van der Waals surface area contributed by atoms with Crippen molar-refractivity contribution >= 4 is 18.2 Å². The molecule has 0 bridgehead atoms. The van der Waals surface area contributed by atoms with E-state index in [1.54, 1.807) is 12.1 Å². The second-order valence-corrected chi connectivity index (χ2v) is 21.0. The smallest absolute Gasteiger partial charge is 0.192 e. The predicted octanol–water partition coefficient (Wildman–Crippen LogP) is 7.62. The minimum absolute atomic E-state index is 0.0965. The number of hydrogen-bond donors (Lipinski definition) is 1. The summed E-state index contributed by atoms with van der Waals surface area (Å²) in [5, 5.41) is 10.5. The van der Waals surface area contributed by atoms with Gasteiger partial charge in [0.05, 0.1) is 16.2 Å². The topological polar surface area (TPSA) is 63.6 Å². The molecule has 0 heterocycles. The van der Waals surface area contributed by atoms with Gasteiger partial charge in [0.25, 0.3) is 0 Å². The zero-order valence-electron chi connectivity index (χ0n) is 24.1. The molecule has 2 aliphatic rings. The highest BCUT2D eigenvalue weighted by Crippen LogP contribution is 2.60. The quantitative estimate of drug-likeness (QED) is 0.312. The van der Waals surface area contributed by atoms with Crippen molar-refractivity contribution in [3.05, 3.63) is 30.3 Å². The summed E-state index contributed by atoms with van der Waals surface area (Å²) in [6.07, 6.45) is 8.33. The normalized spacial score (nSPS) is 28.6. The third kappa shape index (κ3) is 6.84. The van der Waals surface area contributed by atoms with Crippen LogP contribution in [0, 0.1) is 23.2 Å². The molecule has 4 nitrogen and oxygen atoms in total. The van der Waals surface area contributed by atoms with Crippen LogP contribution in [0.15, 0.2) is 35.2 Å². The van der Waals surface area contributed by atoms with Crippen molar-refractivity contribution in [2.75, 3.05) is 5.75 Å². The molecule has 0 aromatic heterocycles. The van der Waals surface area contributed by atoms with E-state index in [0.717, 1.165) is 44.9 Å². The molecule has 2 saturated carbocycles. The molecule has 0 aliphatic heterocycles. The second kappa shape index (κ2) is 10.8. The van der Waals surface area contributed by atoms with E-state index >= 15 is 0 Å². The van der Waals surface area contributed by atoms with Crippen LogP contribution in [-0.4, -0.2) is 39.3 Å². The molecule has 2 aliphatic carbocycles. The fraction of sp³-hybridized carbons (Fsp3) is 0.800. The van der Waals surface area contributed by atoms with Crippen LogP contribution in [0.3, 0.4) is 0 Å². The lowest BCUT2D eigenvalue weighted by atomic mass is 9.61. The summed E-state index contributed by atoms with van der Waals surface area (Å²) in [6, 6.07) is 8.95. The van der Waals surface area contributed by atoms with Gasteiger partial charge in [0, 0.05) is 6.10 Å². The lowest BCUT2D eigenvalue weighted by Crippen LogP contribution is -2.50. The SMILES string of the molecule is CC(C)(O)CCC[C@@H](CS(=O)(=O)c1ccccc1)C1CCC2C(O[Si](C)(C)C(C)(C)C)CCCC21C. The van der Waals surface area contributed by atoms with E-state index in [-0.39, 0.29) is 28.2 Å². The molecular weight excluding hydrogens is 484 g/mol. The van der Waals surface area contributed by atoms with Crippen molar-refractivity contribution in [2.24, 2.45) is 23.2 Å². The Kier molecular flexibility index (Phi) is 8.97. The van der Waals surface area contributed by atoms with Gasteiger partial charge in [-0.2, -0.15) is 0 Å². The number of aliphatic hydroxyl groups is 1. The average Bonchev–Trinajstić information content (AvgIpc) is 3.09. The van der Waals surface area contributed by atoms with Gasteiger partial charge < -0.3 is 9.53 Å². The minimum atomic E-state index is -3.38. The Bertz CT molecular complexity index is 961. The van der Waals surface area contributed by atoms with Gasteiger partial charge in [-0.05, 0) is 106 Å². The molecular formula is C30H52O4SSi. The fourth-order valence-electron chi connectivity index (χ4n) is 6.83.